The van der Waals surface area contributed by atoms with Gasteiger partial charge in [0.1, 0.15) is 11.4 Å². The molecule has 0 amide bonds. The van der Waals surface area contributed by atoms with E-state index in [4.69, 9.17) is 8.92 Å². The van der Waals surface area contributed by atoms with Gasteiger partial charge in [-0.1, -0.05) is 27.4 Å². The van der Waals surface area contributed by atoms with Gasteiger partial charge in [0.25, 0.3) is 10.1 Å². The first kappa shape index (κ1) is 15.0. The van der Waals surface area contributed by atoms with Gasteiger partial charge in [-0.3, -0.25) is 4.18 Å². The predicted octanol–water partition coefficient (Wildman–Crippen LogP) is 1.88. The van der Waals surface area contributed by atoms with Crippen LogP contribution in [0.25, 0.3) is 0 Å². The van der Waals surface area contributed by atoms with Gasteiger partial charge in [-0.2, -0.15) is 8.42 Å². The molecular formula is C15H22O5S. The van der Waals surface area contributed by atoms with Crippen LogP contribution in [0.15, 0.2) is 12.2 Å². The zero-order chi connectivity index (χ0) is 16.0. The second-order valence-electron chi connectivity index (χ2n) is 7.23. The minimum absolute atomic E-state index is 0.0125. The van der Waals surface area contributed by atoms with Crippen molar-refractivity contribution in [2.45, 2.75) is 51.6 Å². The van der Waals surface area contributed by atoms with E-state index < -0.39 is 38.5 Å². The van der Waals surface area contributed by atoms with E-state index in [1.54, 1.807) is 6.92 Å². The fourth-order valence-corrected chi connectivity index (χ4v) is 7.40. The molecule has 7 atom stereocenters. The molecule has 1 saturated heterocycles. The first-order valence-corrected chi connectivity index (χ1v) is 8.76. The molecule has 0 spiro atoms. The molecule has 2 aliphatic carbocycles. The number of rotatable bonds is 2. The van der Waals surface area contributed by atoms with E-state index in [9.17, 15) is 13.2 Å². The minimum atomic E-state index is -3.72. The molecule has 3 rings (SSSR count). The third kappa shape index (κ3) is 1.50. The van der Waals surface area contributed by atoms with E-state index >= 15 is 0 Å². The number of ether oxygens (including phenoxy) is 1. The fraction of sp³-hybridized carbons (Fsp3) is 0.800. The maximum atomic E-state index is 12.4. The Kier molecular flexibility index (Phi) is 2.79. The molecule has 21 heavy (non-hydrogen) atoms. The van der Waals surface area contributed by atoms with Crippen molar-refractivity contribution in [2.75, 3.05) is 0 Å². The summed E-state index contributed by atoms with van der Waals surface area (Å²) in [6.07, 6.45) is -0.669. The van der Waals surface area contributed by atoms with Crippen LogP contribution in [-0.4, -0.2) is 31.3 Å². The van der Waals surface area contributed by atoms with Crippen molar-refractivity contribution in [2.24, 2.45) is 23.2 Å². The average molecular weight is 314 g/mol. The third-order valence-corrected chi connectivity index (χ3v) is 8.25. The Hall–Kier alpha value is -0.880. The Morgan fingerprint density at radius 2 is 1.86 bits per heavy atom. The van der Waals surface area contributed by atoms with Crippen LogP contribution in [0.4, 0.5) is 0 Å². The van der Waals surface area contributed by atoms with Crippen molar-refractivity contribution >= 4 is 16.1 Å². The molecule has 1 aliphatic heterocycles. The summed E-state index contributed by atoms with van der Waals surface area (Å²) in [6, 6.07) is 0. The quantitative estimate of drug-likeness (QED) is 0.442. The van der Waals surface area contributed by atoms with E-state index in [0.29, 0.717) is 0 Å². The van der Waals surface area contributed by atoms with E-state index in [2.05, 4.69) is 6.58 Å². The molecule has 0 radical (unpaired) electrons. The van der Waals surface area contributed by atoms with Crippen LogP contribution in [-0.2, 0) is 23.8 Å². The van der Waals surface area contributed by atoms with Crippen LogP contribution in [0.2, 0.25) is 0 Å². The average Bonchev–Trinajstić information content (AvgIpc) is 2.75. The summed E-state index contributed by atoms with van der Waals surface area (Å²) in [6.45, 7) is 13.1. The molecule has 5 nitrogen and oxygen atoms in total. The lowest BCUT2D eigenvalue weighted by molar-refractivity contribution is -0.155. The van der Waals surface area contributed by atoms with E-state index in [0.717, 1.165) is 0 Å². The number of carbonyl (C=O) groups excluding carboxylic acids is 1. The zero-order valence-corrected chi connectivity index (χ0v) is 13.9. The van der Waals surface area contributed by atoms with Crippen molar-refractivity contribution in [3.8, 4) is 0 Å². The maximum absolute atomic E-state index is 12.4. The molecule has 0 aromatic carbocycles. The molecule has 2 saturated carbocycles. The summed E-state index contributed by atoms with van der Waals surface area (Å²) in [7, 11) is -3.72. The Morgan fingerprint density at radius 1 is 1.29 bits per heavy atom. The molecule has 6 heteroatoms. The number of esters is 1. The number of carbonyl (C=O) groups is 1. The van der Waals surface area contributed by atoms with Crippen LogP contribution in [0.1, 0.15) is 34.6 Å². The van der Waals surface area contributed by atoms with Gasteiger partial charge >= 0.3 is 5.97 Å². The summed E-state index contributed by atoms with van der Waals surface area (Å²) in [5.74, 6) is -0.563. The Balaban J connectivity index is 2.11. The molecule has 0 N–H and O–H groups in total. The molecule has 7 unspecified atom stereocenters. The summed E-state index contributed by atoms with van der Waals surface area (Å²) in [4.78, 5) is 11.9. The first-order valence-electron chi connectivity index (χ1n) is 7.29. The largest absolute Gasteiger partial charge is 0.457 e. The molecule has 1 heterocycles. The lowest BCUT2D eigenvalue weighted by atomic mass is 9.68. The fourth-order valence-electron chi connectivity index (χ4n) is 5.02. The van der Waals surface area contributed by atoms with Crippen LogP contribution >= 0.6 is 0 Å². The number of fused-ring (bicyclic) bond motifs is 1. The summed E-state index contributed by atoms with van der Waals surface area (Å²) < 4.78 is 35.9. The van der Waals surface area contributed by atoms with Gasteiger partial charge in [0.05, 0.1) is 5.60 Å². The minimum Gasteiger partial charge on any atom is -0.457 e. The second-order valence-corrected chi connectivity index (χ2v) is 8.93. The SMILES string of the molecule is C=C(C)C(=O)OC1C2C3C(C)C1(C)C(C)C3(C)OS2(=O)=O. The standard InChI is InChI=1S/C15H22O5S/c1-7(2)13(16)19-12-11-10-8(3)14(12,5)9(4)15(10,6)20-21(11,17)18/h8-12H,1H2,2-6H3. The molecule has 0 aromatic heterocycles. The van der Waals surface area contributed by atoms with Crippen molar-refractivity contribution in [1.29, 1.82) is 0 Å². The first-order chi connectivity index (χ1) is 9.48. The van der Waals surface area contributed by atoms with Gasteiger partial charge in [0, 0.05) is 16.9 Å². The van der Waals surface area contributed by atoms with Gasteiger partial charge in [0.15, 0.2) is 0 Å². The van der Waals surface area contributed by atoms with Crippen LogP contribution < -0.4 is 0 Å². The summed E-state index contributed by atoms with van der Waals surface area (Å²) in [5.41, 5.74) is -0.816. The second kappa shape index (κ2) is 3.90. The Morgan fingerprint density at radius 3 is 2.38 bits per heavy atom. The molecule has 3 fully saturated rings. The predicted molar refractivity (Wildman–Crippen MR) is 76.8 cm³/mol. The normalized spacial score (nSPS) is 52.9. The monoisotopic (exact) mass is 314 g/mol. The molecule has 0 aromatic rings. The van der Waals surface area contributed by atoms with E-state index in [1.807, 2.05) is 27.7 Å². The highest BCUT2D eigenvalue weighted by Crippen LogP contribution is 2.72. The van der Waals surface area contributed by atoms with Crippen LogP contribution in [0, 0.1) is 23.2 Å². The van der Waals surface area contributed by atoms with Gasteiger partial charge in [-0.25, -0.2) is 4.79 Å². The zero-order valence-electron chi connectivity index (χ0n) is 13.0. The summed E-state index contributed by atoms with van der Waals surface area (Å²) in [5, 5.41) is -0.762. The highest BCUT2D eigenvalue weighted by atomic mass is 32.2. The highest BCUT2D eigenvalue weighted by Gasteiger charge is 2.81. The van der Waals surface area contributed by atoms with E-state index in [-0.39, 0.29) is 23.3 Å². The van der Waals surface area contributed by atoms with Crippen molar-refractivity contribution in [3.63, 3.8) is 0 Å². The van der Waals surface area contributed by atoms with Crippen molar-refractivity contribution in [3.05, 3.63) is 12.2 Å². The van der Waals surface area contributed by atoms with Crippen molar-refractivity contribution < 1.29 is 22.1 Å². The van der Waals surface area contributed by atoms with Crippen LogP contribution in [0.5, 0.6) is 0 Å². The lowest BCUT2D eigenvalue weighted by Gasteiger charge is -2.42. The topological polar surface area (TPSA) is 69.7 Å². The van der Waals surface area contributed by atoms with Crippen LogP contribution in [0.3, 0.4) is 0 Å². The lowest BCUT2D eigenvalue weighted by Crippen LogP contribution is -2.51. The third-order valence-electron chi connectivity index (χ3n) is 6.45. The molecular weight excluding hydrogens is 292 g/mol. The number of hydrogen-bond acceptors (Lipinski definition) is 5. The Labute approximate surface area is 125 Å². The van der Waals surface area contributed by atoms with Gasteiger partial charge < -0.3 is 4.74 Å². The summed E-state index contributed by atoms with van der Waals surface area (Å²) >= 11 is 0. The van der Waals surface area contributed by atoms with Gasteiger partial charge in [-0.05, 0) is 25.7 Å². The smallest absolute Gasteiger partial charge is 0.333 e. The Bertz CT molecular complexity index is 638. The molecule has 3 aliphatic rings. The highest BCUT2D eigenvalue weighted by molar-refractivity contribution is 7.87. The van der Waals surface area contributed by atoms with Gasteiger partial charge in [0.2, 0.25) is 0 Å². The molecule has 118 valence electrons. The van der Waals surface area contributed by atoms with E-state index in [1.165, 1.54) is 0 Å². The molecule has 2 bridgehead atoms. The van der Waals surface area contributed by atoms with Gasteiger partial charge in [-0.15, -0.1) is 0 Å². The van der Waals surface area contributed by atoms with Crippen molar-refractivity contribution in [1.82, 2.24) is 0 Å². The maximum Gasteiger partial charge on any atom is 0.333 e. The number of hydrogen-bond donors (Lipinski definition) is 0.